The number of carbonyl (C=O) groups excluding carboxylic acids is 2. The van der Waals surface area contributed by atoms with Crippen LogP contribution in [0.1, 0.15) is 6.92 Å². The van der Waals surface area contributed by atoms with Crippen molar-refractivity contribution < 1.29 is 14.3 Å². The van der Waals surface area contributed by atoms with Crippen LogP contribution in [0.25, 0.3) is 0 Å². The molecule has 0 aliphatic carbocycles. The van der Waals surface area contributed by atoms with Gasteiger partial charge in [-0.25, -0.2) is 4.79 Å². The third-order valence-electron chi connectivity index (χ3n) is 1.16. The van der Waals surface area contributed by atoms with Gasteiger partial charge in [-0.15, -0.1) is 0 Å². The van der Waals surface area contributed by atoms with Crippen LogP contribution < -0.4 is 5.73 Å². The summed E-state index contributed by atoms with van der Waals surface area (Å²) in [4.78, 5) is 22.3. The molecule has 0 aliphatic rings. The summed E-state index contributed by atoms with van der Waals surface area (Å²) in [6.45, 7) is 2.05. The van der Waals surface area contributed by atoms with E-state index in [9.17, 15) is 9.59 Å². The molecule has 0 saturated heterocycles. The van der Waals surface area contributed by atoms with Crippen LogP contribution in [0.2, 0.25) is 0 Å². The first-order chi connectivity index (χ1) is 5.11. The number of likely N-dealkylation sites (N-methyl/N-ethyl adjacent to an activating group) is 1. The average molecular weight is 160 g/mol. The van der Waals surface area contributed by atoms with Crippen molar-refractivity contribution in [2.75, 3.05) is 20.2 Å². The molecular formula is C6H12N2O3. The highest BCUT2D eigenvalue weighted by Gasteiger charge is 2.12. The van der Waals surface area contributed by atoms with Crippen LogP contribution >= 0.6 is 0 Å². The van der Waals surface area contributed by atoms with Crippen molar-refractivity contribution in [3.05, 3.63) is 0 Å². The SMILES string of the molecule is CCN(CC(N)=O)C(=O)OC. The molecule has 0 aliphatic heterocycles. The van der Waals surface area contributed by atoms with Crippen molar-refractivity contribution in [2.45, 2.75) is 6.92 Å². The highest BCUT2D eigenvalue weighted by Crippen LogP contribution is 1.90. The minimum absolute atomic E-state index is 0.0941. The van der Waals surface area contributed by atoms with E-state index in [2.05, 4.69) is 4.74 Å². The van der Waals surface area contributed by atoms with Gasteiger partial charge in [-0.1, -0.05) is 0 Å². The molecule has 0 aromatic heterocycles. The van der Waals surface area contributed by atoms with Crippen molar-refractivity contribution in [3.63, 3.8) is 0 Å². The van der Waals surface area contributed by atoms with E-state index in [-0.39, 0.29) is 6.54 Å². The van der Waals surface area contributed by atoms with Gasteiger partial charge in [0.2, 0.25) is 5.91 Å². The van der Waals surface area contributed by atoms with Crippen LogP contribution in [0.3, 0.4) is 0 Å². The largest absolute Gasteiger partial charge is 0.453 e. The van der Waals surface area contributed by atoms with E-state index < -0.39 is 12.0 Å². The summed E-state index contributed by atoms with van der Waals surface area (Å²) in [6, 6.07) is 0. The molecular weight excluding hydrogens is 148 g/mol. The normalized spacial score (nSPS) is 8.91. The van der Waals surface area contributed by atoms with Crippen LogP contribution in [0, 0.1) is 0 Å². The molecule has 0 fully saturated rings. The molecule has 5 nitrogen and oxygen atoms in total. The maximum absolute atomic E-state index is 10.8. The highest BCUT2D eigenvalue weighted by molar-refractivity contribution is 5.80. The summed E-state index contributed by atoms with van der Waals surface area (Å²) in [7, 11) is 1.26. The van der Waals surface area contributed by atoms with Gasteiger partial charge >= 0.3 is 6.09 Å². The van der Waals surface area contributed by atoms with Crippen LogP contribution in [0.4, 0.5) is 4.79 Å². The van der Waals surface area contributed by atoms with Gasteiger partial charge in [0, 0.05) is 6.54 Å². The van der Waals surface area contributed by atoms with Gasteiger partial charge in [0.05, 0.1) is 7.11 Å². The molecule has 2 amide bonds. The molecule has 0 spiro atoms. The second-order valence-corrected chi connectivity index (χ2v) is 1.95. The number of hydrogen-bond donors (Lipinski definition) is 1. The fraction of sp³-hybridized carbons (Fsp3) is 0.667. The fourth-order valence-electron chi connectivity index (χ4n) is 0.623. The third-order valence-corrected chi connectivity index (χ3v) is 1.16. The van der Waals surface area contributed by atoms with Crippen molar-refractivity contribution in [2.24, 2.45) is 5.73 Å². The number of nitrogens with two attached hydrogens (primary N) is 1. The molecule has 0 unspecified atom stereocenters. The van der Waals surface area contributed by atoms with E-state index in [1.54, 1.807) is 6.92 Å². The molecule has 0 heterocycles. The molecule has 11 heavy (non-hydrogen) atoms. The second kappa shape index (κ2) is 4.54. The van der Waals surface area contributed by atoms with Crippen molar-refractivity contribution in [1.29, 1.82) is 0 Å². The quantitative estimate of drug-likeness (QED) is 0.608. The van der Waals surface area contributed by atoms with E-state index in [1.807, 2.05) is 0 Å². The second-order valence-electron chi connectivity index (χ2n) is 1.95. The highest BCUT2D eigenvalue weighted by atomic mass is 16.5. The maximum Gasteiger partial charge on any atom is 0.409 e. The van der Waals surface area contributed by atoms with Crippen LogP contribution in [-0.4, -0.2) is 37.1 Å². The number of primary amides is 1. The zero-order valence-electron chi connectivity index (χ0n) is 6.66. The van der Waals surface area contributed by atoms with Gasteiger partial charge in [-0.05, 0) is 6.92 Å². The molecule has 64 valence electrons. The minimum atomic E-state index is -0.544. The molecule has 0 saturated carbocycles. The minimum Gasteiger partial charge on any atom is -0.453 e. The van der Waals surface area contributed by atoms with Crippen LogP contribution in [0.15, 0.2) is 0 Å². The van der Waals surface area contributed by atoms with Gasteiger partial charge in [0.1, 0.15) is 6.54 Å². The molecule has 2 N–H and O–H groups in total. The number of rotatable bonds is 3. The standard InChI is InChI=1S/C6H12N2O3/c1-3-8(4-5(7)9)6(10)11-2/h3-4H2,1-2H3,(H2,7,9). The van der Waals surface area contributed by atoms with Gasteiger partial charge in [-0.2, -0.15) is 0 Å². The van der Waals surface area contributed by atoms with Gasteiger partial charge in [-0.3, -0.25) is 9.69 Å². The Morgan fingerprint density at radius 2 is 2.09 bits per heavy atom. The number of methoxy groups -OCH3 is 1. The Kier molecular flexibility index (Phi) is 4.02. The summed E-state index contributed by atoms with van der Waals surface area (Å²) in [6.07, 6.45) is -0.536. The van der Waals surface area contributed by atoms with Crippen molar-refractivity contribution in [1.82, 2.24) is 4.90 Å². The molecule has 0 aromatic carbocycles. The number of carbonyl (C=O) groups is 2. The zero-order chi connectivity index (χ0) is 8.85. The lowest BCUT2D eigenvalue weighted by atomic mass is 10.5. The first-order valence-corrected chi connectivity index (χ1v) is 3.23. The lowest BCUT2D eigenvalue weighted by Gasteiger charge is -2.16. The topological polar surface area (TPSA) is 72.6 Å². The van der Waals surface area contributed by atoms with Crippen LogP contribution in [-0.2, 0) is 9.53 Å². The summed E-state index contributed by atoms with van der Waals surface area (Å²) in [5.74, 6) is -0.544. The first kappa shape index (κ1) is 9.74. The number of ether oxygens (including phenoxy) is 1. The Morgan fingerprint density at radius 3 is 2.36 bits per heavy atom. The third kappa shape index (κ3) is 3.44. The Bertz CT molecular complexity index is 158. The number of hydrogen-bond acceptors (Lipinski definition) is 3. The Labute approximate surface area is 65.1 Å². The van der Waals surface area contributed by atoms with E-state index in [0.29, 0.717) is 6.54 Å². The van der Waals surface area contributed by atoms with E-state index in [1.165, 1.54) is 12.0 Å². The number of amides is 2. The zero-order valence-corrected chi connectivity index (χ0v) is 6.66. The van der Waals surface area contributed by atoms with Gasteiger partial charge in [0.15, 0.2) is 0 Å². The summed E-state index contributed by atoms with van der Waals surface area (Å²) >= 11 is 0. The lowest BCUT2D eigenvalue weighted by Crippen LogP contribution is -2.38. The van der Waals surface area contributed by atoms with E-state index in [4.69, 9.17) is 5.73 Å². The predicted molar refractivity (Wildman–Crippen MR) is 38.8 cm³/mol. The molecule has 0 atom stereocenters. The van der Waals surface area contributed by atoms with Gasteiger partial charge < -0.3 is 10.5 Å². The monoisotopic (exact) mass is 160 g/mol. The Morgan fingerprint density at radius 1 is 1.55 bits per heavy atom. The summed E-state index contributed by atoms with van der Waals surface area (Å²) in [5.41, 5.74) is 4.87. The predicted octanol–water partition coefficient (Wildman–Crippen LogP) is -0.440. The molecule has 5 heteroatoms. The molecule has 0 radical (unpaired) electrons. The average Bonchev–Trinajstić information content (AvgIpc) is 1.98. The molecule has 0 bridgehead atoms. The maximum atomic E-state index is 10.8. The van der Waals surface area contributed by atoms with E-state index >= 15 is 0 Å². The van der Waals surface area contributed by atoms with Crippen molar-refractivity contribution >= 4 is 12.0 Å². The number of nitrogens with zero attached hydrogens (tertiary/aromatic N) is 1. The van der Waals surface area contributed by atoms with E-state index in [0.717, 1.165) is 0 Å². The molecule has 0 aromatic rings. The smallest absolute Gasteiger partial charge is 0.409 e. The fourth-order valence-corrected chi connectivity index (χ4v) is 0.623. The lowest BCUT2D eigenvalue weighted by molar-refractivity contribution is -0.118. The Hall–Kier alpha value is -1.26. The first-order valence-electron chi connectivity index (χ1n) is 3.23. The summed E-state index contributed by atoms with van der Waals surface area (Å²) < 4.78 is 4.38. The van der Waals surface area contributed by atoms with Crippen molar-refractivity contribution in [3.8, 4) is 0 Å². The molecule has 0 rings (SSSR count). The summed E-state index contributed by atoms with van der Waals surface area (Å²) in [5, 5.41) is 0. The van der Waals surface area contributed by atoms with Crippen LogP contribution in [0.5, 0.6) is 0 Å². The van der Waals surface area contributed by atoms with Gasteiger partial charge in [0.25, 0.3) is 0 Å². The Balaban J connectivity index is 3.94.